The van der Waals surface area contributed by atoms with Crippen molar-refractivity contribution >= 4 is 29.0 Å². The molecular formula is C23H26N4O2. The Labute approximate surface area is 170 Å². The van der Waals surface area contributed by atoms with Crippen molar-refractivity contribution in [3.63, 3.8) is 0 Å². The van der Waals surface area contributed by atoms with Gasteiger partial charge in [-0.2, -0.15) is 5.10 Å². The van der Waals surface area contributed by atoms with Gasteiger partial charge in [0.05, 0.1) is 24.4 Å². The van der Waals surface area contributed by atoms with E-state index in [1.165, 1.54) is 0 Å². The SMILES string of the molecule is O=C(NCCCN1CCOCC1)c1ccc(/C=C/c2n[nH]c3ccccc23)cc1. The number of benzene rings is 2. The standard InChI is InChI=1S/C23H26N4O2/c28-23(24-12-3-13-27-14-16-29-17-15-27)19-9-6-18(7-10-19)8-11-22-20-4-1-2-5-21(20)25-26-22/h1-2,4-11H,3,12-17H2,(H,24,28)(H,25,26)/b11-8+. The summed E-state index contributed by atoms with van der Waals surface area (Å²) in [5, 5.41) is 11.5. The molecule has 2 heterocycles. The summed E-state index contributed by atoms with van der Waals surface area (Å²) in [5.74, 6) is -0.0270. The highest BCUT2D eigenvalue weighted by molar-refractivity contribution is 5.94. The molecule has 1 aliphatic heterocycles. The maximum Gasteiger partial charge on any atom is 0.251 e. The number of hydrogen-bond donors (Lipinski definition) is 2. The molecule has 1 aliphatic rings. The van der Waals surface area contributed by atoms with E-state index in [2.05, 4.69) is 20.4 Å². The van der Waals surface area contributed by atoms with Crippen molar-refractivity contribution in [3.05, 3.63) is 65.4 Å². The molecule has 0 atom stereocenters. The van der Waals surface area contributed by atoms with E-state index >= 15 is 0 Å². The number of fused-ring (bicyclic) bond motifs is 1. The summed E-state index contributed by atoms with van der Waals surface area (Å²) < 4.78 is 5.35. The molecule has 1 saturated heterocycles. The Morgan fingerprint density at radius 3 is 2.72 bits per heavy atom. The van der Waals surface area contributed by atoms with E-state index in [0.29, 0.717) is 12.1 Å². The highest BCUT2D eigenvalue weighted by Crippen LogP contribution is 2.17. The molecule has 3 aromatic rings. The molecule has 1 aromatic heterocycles. The Hall–Kier alpha value is -2.96. The first-order chi connectivity index (χ1) is 14.3. The van der Waals surface area contributed by atoms with Crippen LogP contribution in [0.25, 0.3) is 23.1 Å². The molecule has 6 heteroatoms. The van der Waals surface area contributed by atoms with Crippen molar-refractivity contribution in [3.8, 4) is 0 Å². The molecule has 6 nitrogen and oxygen atoms in total. The predicted molar refractivity (Wildman–Crippen MR) is 116 cm³/mol. The summed E-state index contributed by atoms with van der Waals surface area (Å²) in [6.07, 6.45) is 4.94. The van der Waals surface area contributed by atoms with Crippen LogP contribution in [0, 0.1) is 0 Å². The second-order valence-electron chi connectivity index (χ2n) is 7.17. The first-order valence-corrected chi connectivity index (χ1v) is 10.1. The summed E-state index contributed by atoms with van der Waals surface area (Å²) in [6, 6.07) is 15.7. The number of ether oxygens (including phenoxy) is 1. The Balaban J connectivity index is 1.27. The van der Waals surface area contributed by atoms with Gasteiger partial charge in [0.15, 0.2) is 0 Å². The molecule has 0 bridgehead atoms. The third-order valence-electron chi connectivity index (χ3n) is 5.15. The Kier molecular flexibility index (Phi) is 6.34. The topological polar surface area (TPSA) is 70.2 Å². The van der Waals surface area contributed by atoms with E-state index < -0.39 is 0 Å². The first-order valence-electron chi connectivity index (χ1n) is 10.1. The predicted octanol–water partition coefficient (Wildman–Crippen LogP) is 3.19. The number of aromatic amines is 1. The molecule has 0 radical (unpaired) electrons. The first kappa shape index (κ1) is 19.4. The summed E-state index contributed by atoms with van der Waals surface area (Å²) in [7, 11) is 0. The minimum atomic E-state index is -0.0270. The molecule has 1 amide bonds. The number of nitrogens with one attached hydrogen (secondary N) is 2. The summed E-state index contributed by atoms with van der Waals surface area (Å²) >= 11 is 0. The zero-order valence-corrected chi connectivity index (χ0v) is 16.4. The summed E-state index contributed by atoms with van der Waals surface area (Å²) in [5.41, 5.74) is 3.63. The monoisotopic (exact) mass is 390 g/mol. The smallest absolute Gasteiger partial charge is 0.251 e. The minimum absolute atomic E-state index is 0.0270. The van der Waals surface area contributed by atoms with Crippen molar-refractivity contribution in [2.75, 3.05) is 39.4 Å². The number of aromatic nitrogens is 2. The number of hydrogen-bond acceptors (Lipinski definition) is 4. The quantitative estimate of drug-likeness (QED) is 0.608. The summed E-state index contributed by atoms with van der Waals surface area (Å²) in [6.45, 7) is 5.26. The fourth-order valence-electron chi connectivity index (χ4n) is 3.46. The number of carbonyl (C=O) groups excluding carboxylic acids is 1. The highest BCUT2D eigenvalue weighted by Gasteiger charge is 2.10. The van der Waals surface area contributed by atoms with Gasteiger partial charge < -0.3 is 10.1 Å². The van der Waals surface area contributed by atoms with Gasteiger partial charge >= 0.3 is 0 Å². The third-order valence-corrected chi connectivity index (χ3v) is 5.15. The van der Waals surface area contributed by atoms with Gasteiger partial charge in [0.2, 0.25) is 0 Å². The Morgan fingerprint density at radius 2 is 1.90 bits per heavy atom. The maximum absolute atomic E-state index is 12.3. The van der Waals surface area contributed by atoms with Gasteiger partial charge in [-0.3, -0.25) is 14.8 Å². The number of morpholine rings is 1. The van der Waals surface area contributed by atoms with E-state index in [4.69, 9.17) is 4.74 Å². The van der Waals surface area contributed by atoms with Crippen LogP contribution in [0.15, 0.2) is 48.5 Å². The number of H-pyrrole nitrogens is 1. The van der Waals surface area contributed by atoms with Crippen molar-refractivity contribution in [1.29, 1.82) is 0 Å². The van der Waals surface area contributed by atoms with Crippen LogP contribution >= 0.6 is 0 Å². The average molecular weight is 390 g/mol. The lowest BCUT2D eigenvalue weighted by molar-refractivity contribution is 0.0374. The van der Waals surface area contributed by atoms with Gasteiger partial charge in [-0.25, -0.2) is 0 Å². The molecule has 0 aliphatic carbocycles. The van der Waals surface area contributed by atoms with Gasteiger partial charge in [0.1, 0.15) is 0 Å². The Morgan fingerprint density at radius 1 is 1.10 bits per heavy atom. The maximum atomic E-state index is 12.3. The lowest BCUT2D eigenvalue weighted by atomic mass is 10.1. The van der Waals surface area contributed by atoms with Gasteiger partial charge in [-0.15, -0.1) is 0 Å². The molecule has 2 aromatic carbocycles. The second-order valence-corrected chi connectivity index (χ2v) is 7.17. The molecule has 0 spiro atoms. The lowest BCUT2D eigenvalue weighted by Gasteiger charge is -2.26. The van der Waals surface area contributed by atoms with Crippen molar-refractivity contribution < 1.29 is 9.53 Å². The van der Waals surface area contributed by atoms with E-state index in [1.807, 2.05) is 60.7 Å². The minimum Gasteiger partial charge on any atom is -0.379 e. The van der Waals surface area contributed by atoms with Crippen molar-refractivity contribution in [2.24, 2.45) is 0 Å². The highest BCUT2D eigenvalue weighted by atomic mass is 16.5. The fourth-order valence-corrected chi connectivity index (χ4v) is 3.46. The van der Waals surface area contributed by atoms with Crippen LogP contribution in [0.3, 0.4) is 0 Å². The van der Waals surface area contributed by atoms with E-state index in [9.17, 15) is 4.79 Å². The number of nitrogens with zero attached hydrogens (tertiary/aromatic N) is 2. The number of carbonyl (C=O) groups is 1. The molecule has 4 rings (SSSR count). The summed E-state index contributed by atoms with van der Waals surface area (Å²) in [4.78, 5) is 14.7. The molecule has 2 N–H and O–H groups in total. The van der Waals surface area contributed by atoms with Crippen LogP contribution in [0.4, 0.5) is 0 Å². The Bertz CT molecular complexity index is 972. The molecule has 150 valence electrons. The van der Waals surface area contributed by atoms with Gasteiger partial charge in [-0.1, -0.05) is 36.4 Å². The molecule has 1 fully saturated rings. The van der Waals surface area contributed by atoms with Crippen LogP contribution in [0.5, 0.6) is 0 Å². The van der Waals surface area contributed by atoms with Gasteiger partial charge in [0, 0.05) is 30.6 Å². The number of amides is 1. The largest absolute Gasteiger partial charge is 0.379 e. The third kappa shape index (κ3) is 5.10. The van der Waals surface area contributed by atoms with Crippen molar-refractivity contribution in [1.82, 2.24) is 20.4 Å². The van der Waals surface area contributed by atoms with E-state index in [0.717, 1.165) is 61.4 Å². The number of para-hydroxylation sites is 1. The molecular weight excluding hydrogens is 364 g/mol. The van der Waals surface area contributed by atoms with Crippen molar-refractivity contribution in [2.45, 2.75) is 6.42 Å². The molecule has 0 unspecified atom stereocenters. The lowest BCUT2D eigenvalue weighted by Crippen LogP contribution is -2.38. The molecule has 29 heavy (non-hydrogen) atoms. The van der Waals surface area contributed by atoms with Crippen LogP contribution < -0.4 is 5.32 Å². The van der Waals surface area contributed by atoms with E-state index in [1.54, 1.807) is 0 Å². The van der Waals surface area contributed by atoms with Crippen LogP contribution in [0.2, 0.25) is 0 Å². The van der Waals surface area contributed by atoms with Crippen LogP contribution in [-0.2, 0) is 4.74 Å². The zero-order chi connectivity index (χ0) is 19.9. The zero-order valence-electron chi connectivity index (χ0n) is 16.4. The molecule has 0 saturated carbocycles. The van der Waals surface area contributed by atoms with Gasteiger partial charge in [0.25, 0.3) is 5.91 Å². The normalized spacial score (nSPS) is 15.2. The van der Waals surface area contributed by atoms with Crippen LogP contribution in [0.1, 0.15) is 28.0 Å². The fraction of sp³-hybridized carbons (Fsp3) is 0.304. The number of rotatable bonds is 7. The van der Waals surface area contributed by atoms with Crippen LogP contribution in [-0.4, -0.2) is 60.4 Å². The second kappa shape index (κ2) is 9.49. The van der Waals surface area contributed by atoms with E-state index in [-0.39, 0.29) is 5.91 Å². The van der Waals surface area contributed by atoms with Gasteiger partial charge in [-0.05, 0) is 42.8 Å². The average Bonchev–Trinajstić information content (AvgIpc) is 3.19.